The number of amides is 2. The SMILES string of the molecule is CC(C)(CNC(=O)OCC1c2ccccc2-c2ccccc21)CC(=O)NCC(C)(O)CC(=O)O. The summed E-state index contributed by atoms with van der Waals surface area (Å²) in [5, 5.41) is 24.1. The number of benzene rings is 2. The zero-order valence-electron chi connectivity index (χ0n) is 19.8. The number of carboxylic acids is 1. The molecule has 182 valence electrons. The topological polar surface area (TPSA) is 125 Å². The molecule has 34 heavy (non-hydrogen) atoms. The molecule has 0 fully saturated rings. The minimum absolute atomic E-state index is 0.0319. The fourth-order valence-corrected chi connectivity index (χ4v) is 4.20. The second kappa shape index (κ2) is 10.3. The van der Waals surface area contributed by atoms with Crippen LogP contribution < -0.4 is 10.6 Å². The van der Waals surface area contributed by atoms with Gasteiger partial charge >= 0.3 is 12.1 Å². The Balaban J connectivity index is 1.47. The summed E-state index contributed by atoms with van der Waals surface area (Å²) < 4.78 is 5.53. The molecule has 0 aromatic heterocycles. The molecule has 0 heterocycles. The number of hydrogen-bond donors (Lipinski definition) is 4. The first kappa shape index (κ1) is 25.2. The van der Waals surface area contributed by atoms with Gasteiger partial charge in [0, 0.05) is 25.4 Å². The van der Waals surface area contributed by atoms with Crippen LogP contribution >= 0.6 is 0 Å². The molecule has 8 heteroatoms. The molecule has 8 nitrogen and oxygen atoms in total. The number of fused-ring (bicyclic) bond motifs is 3. The minimum Gasteiger partial charge on any atom is -0.481 e. The van der Waals surface area contributed by atoms with Gasteiger partial charge in [0.15, 0.2) is 0 Å². The van der Waals surface area contributed by atoms with Crippen LogP contribution in [0.15, 0.2) is 48.5 Å². The van der Waals surface area contributed by atoms with E-state index in [1.807, 2.05) is 38.1 Å². The Hall–Kier alpha value is -3.39. The molecule has 2 aromatic carbocycles. The molecular weight excluding hydrogens is 436 g/mol. The molecule has 3 rings (SSSR count). The van der Waals surface area contributed by atoms with E-state index >= 15 is 0 Å². The molecular formula is C26H32N2O6. The Bertz CT molecular complexity index is 1020. The van der Waals surface area contributed by atoms with Crippen LogP contribution in [0.4, 0.5) is 4.79 Å². The highest BCUT2D eigenvalue weighted by atomic mass is 16.5. The van der Waals surface area contributed by atoms with Gasteiger partial charge in [-0.15, -0.1) is 0 Å². The van der Waals surface area contributed by atoms with Gasteiger partial charge in [-0.05, 0) is 34.6 Å². The van der Waals surface area contributed by atoms with E-state index < -0.39 is 29.5 Å². The van der Waals surface area contributed by atoms with Crippen LogP contribution in [-0.2, 0) is 14.3 Å². The fraction of sp³-hybridized carbons (Fsp3) is 0.423. The lowest BCUT2D eigenvalue weighted by Gasteiger charge is -2.26. The number of rotatable bonds is 10. The Morgan fingerprint density at radius 2 is 1.44 bits per heavy atom. The highest BCUT2D eigenvalue weighted by Crippen LogP contribution is 2.44. The molecule has 0 aliphatic heterocycles. The standard InChI is InChI=1S/C26H32N2O6/c1-25(2,12-22(29)27-16-26(3,33)13-23(30)31)15-28-24(32)34-14-21-19-10-6-4-8-17(19)18-9-5-7-11-20(18)21/h4-11,21,33H,12-16H2,1-3H3,(H,27,29)(H,28,32)(H,30,31). The summed E-state index contributed by atoms with van der Waals surface area (Å²) in [6, 6.07) is 16.2. The highest BCUT2D eigenvalue weighted by Gasteiger charge is 2.30. The van der Waals surface area contributed by atoms with E-state index in [9.17, 15) is 19.5 Å². The molecule has 0 saturated heterocycles. The van der Waals surface area contributed by atoms with Crippen LogP contribution in [0, 0.1) is 5.41 Å². The molecule has 0 saturated carbocycles. The number of nitrogens with one attached hydrogen (secondary N) is 2. The summed E-state index contributed by atoms with van der Waals surface area (Å²) in [7, 11) is 0. The molecule has 1 aliphatic carbocycles. The van der Waals surface area contributed by atoms with Crippen molar-refractivity contribution in [1.29, 1.82) is 0 Å². The van der Waals surface area contributed by atoms with E-state index in [2.05, 4.69) is 34.9 Å². The summed E-state index contributed by atoms with van der Waals surface area (Å²) in [5.41, 5.74) is 2.46. The van der Waals surface area contributed by atoms with Crippen LogP contribution in [0.1, 0.15) is 50.7 Å². The third-order valence-electron chi connectivity index (χ3n) is 5.89. The first-order valence-electron chi connectivity index (χ1n) is 11.3. The lowest BCUT2D eigenvalue weighted by atomic mass is 9.88. The summed E-state index contributed by atoms with van der Waals surface area (Å²) in [6.45, 7) is 5.25. The van der Waals surface area contributed by atoms with E-state index in [1.165, 1.54) is 6.92 Å². The van der Waals surface area contributed by atoms with Crippen molar-refractivity contribution < 1.29 is 29.3 Å². The average Bonchev–Trinajstić information content (AvgIpc) is 3.08. The lowest BCUT2D eigenvalue weighted by Crippen LogP contribution is -2.44. The van der Waals surface area contributed by atoms with Crippen molar-refractivity contribution in [2.75, 3.05) is 19.7 Å². The number of carboxylic acid groups (broad SMARTS) is 1. The van der Waals surface area contributed by atoms with Crippen LogP contribution in [0.5, 0.6) is 0 Å². The first-order valence-corrected chi connectivity index (χ1v) is 11.3. The van der Waals surface area contributed by atoms with E-state index in [0.717, 1.165) is 22.3 Å². The number of carbonyl (C=O) groups is 3. The summed E-state index contributed by atoms with van der Waals surface area (Å²) in [4.78, 5) is 35.4. The van der Waals surface area contributed by atoms with Gasteiger partial charge in [-0.25, -0.2) is 4.79 Å². The van der Waals surface area contributed by atoms with Gasteiger partial charge in [0.2, 0.25) is 5.91 Å². The Kier molecular flexibility index (Phi) is 7.61. The number of ether oxygens (including phenoxy) is 1. The largest absolute Gasteiger partial charge is 0.481 e. The molecule has 2 amide bonds. The monoisotopic (exact) mass is 468 g/mol. The van der Waals surface area contributed by atoms with Crippen molar-refractivity contribution in [3.63, 3.8) is 0 Å². The van der Waals surface area contributed by atoms with Crippen LogP contribution in [0.3, 0.4) is 0 Å². The Morgan fingerprint density at radius 3 is 2.00 bits per heavy atom. The number of aliphatic hydroxyl groups is 1. The smallest absolute Gasteiger partial charge is 0.407 e. The van der Waals surface area contributed by atoms with Crippen molar-refractivity contribution in [3.8, 4) is 11.1 Å². The van der Waals surface area contributed by atoms with Gasteiger partial charge < -0.3 is 25.6 Å². The van der Waals surface area contributed by atoms with Crippen molar-refractivity contribution in [3.05, 3.63) is 59.7 Å². The maximum atomic E-state index is 12.4. The maximum absolute atomic E-state index is 12.4. The third kappa shape index (κ3) is 6.57. The molecule has 1 unspecified atom stereocenters. The number of alkyl carbamates (subject to hydrolysis) is 1. The molecule has 0 bridgehead atoms. The minimum atomic E-state index is -1.54. The Labute approximate surface area is 199 Å². The molecule has 2 aromatic rings. The predicted molar refractivity (Wildman–Crippen MR) is 127 cm³/mol. The van der Waals surface area contributed by atoms with Crippen molar-refractivity contribution >= 4 is 18.0 Å². The number of hydrogen-bond acceptors (Lipinski definition) is 5. The van der Waals surface area contributed by atoms with Gasteiger partial charge in [0.25, 0.3) is 0 Å². The predicted octanol–water partition coefficient (Wildman–Crippen LogP) is 3.28. The van der Waals surface area contributed by atoms with Gasteiger partial charge in [-0.1, -0.05) is 62.4 Å². The van der Waals surface area contributed by atoms with Crippen molar-refractivity contribution in [2.24, 2.45) is 5.41 Å². The molecule has 1 atom stereocenters. The third-order valence-corrected chi connectivity index (χ3v) is 5.89. The molecule has 0 radical (unpaired) electrons. The van der Waals surface area contributed by atoms with E-state index in [1.54, 1.807) is 0 Å². The quantitative estimate of drug-likeness (QED) is 0.424. The maximum Gasteiger partial charge on any atom is 0.407 e. The fourth-order valence-electron chi connectivity index (χ4n) is 4.20. The van der Waals surface area contributed by atoms with E-state index in [0.29, 0.717) is 0 Å². The van der Waals surface area contributed by atoms with E-state index in [-0.39, 0.29) is 37.9 Å². The van der Waals surface area contributed by atoms with Crippen LogP contribution in [-0.4, -0.2) is 53.5 Å². The average molecular weight is 469 g/mol. The summed E-state index contributed by atoms with van der Waals surface area (Å²) in [5.74, 6) is -1.52. The van der Waals surface area contributed by atoms with Gasteiger partial charge in [0.05, 0.1) is 12.0 Å². The molecule has 1 aliphatic rings. The number of aliphatic carboxylic acids is 1. The van der Waals surface area contributed by atoms with E-state index in [4.69, 9.17) is 9.84 Å². The molecule has 0 spiro atoms. The normalized spacial score (nSPS) is 14.5. The van der Waals surface area contributed by atoms with Crippen molar-refractivity contribution in [1.82, 2.24) is 10.6 Å². The van der Waals surface area contributed by atoms with Crippen LogP contribution in [0.2, 0.25) is 0 Å². The second-order valence-corrected chi connectivity index (χ2v) is 9.86. The number of carbonyl (C=O) groups excluding carboxylic acids is 2. The van der Waals surface area contributed by atoms with Gasteiger partial charge in [-0.2, -0.15) is 0 Å². The summed E-state index contributed by atoms with van der Waals surface area (Å²) >= 11 is 0. The van der Waals surface area contributed by atoms with Gasteiger partial charge in [-0.3, -0.25) is 9.59 Å². The highest BCUT2D eigenvalue weighted by molar-refractivity contribution is 5.79. The van der Waals surface area contributed by atoms with Gasteiger partial charge in [0.1, 0.15) is 6.61 Å². The second-order valence-electron chi connectivity index (χ2n) is 9.86. The lowest BCUT2D eigenvalue weighted by molar-refractivity contribution is -0.142. The molecule has 4 N–H and O–H groups in total. The van der Waals surface area contributed by atoms with Crippen molar-refractivity contribution in [2.45, 2.75) is 45.1 Å². The summed E-state index contributed by atoms with van der Waals surface area (Å²) in [6.07, 6.45) is -0.945. The first-order chi connectivity index (χ1) is 16.0. The Morgan fingerprint density at radius 1 is 0.882 bits per heavy atom. The van der Waals surface area contributed by atoms with Crippen LogP contribution in [0.25, 0.3) is 11.1 Å². The zero-order chi connectivity index (χ0) is 24.9. The zero-order valence-corrected chi connectivity index (χ0v) is 19.8.